The van der Waals surface area contributed by atoms with Gasteiger partial charge < -0.3 is 14.8 Å². The van der Waals surface area contributed by atoms with Crippen molar-refractivity contribution in [1.29, 1.82) is 0 Å². The van der Waals surface area contributed by atoms with Crippen LogP contribution in [0.25, 0.3) is 11.0 Å². The number of rotatable bonds is 7. The minimum absolute atomic E-state index is 0.114. The molecular weight excluding hydrogens is 380 g/mol. The Hall–Kier alpha value is -3.93. The predicted octanol–water partition coefficient (Wildman–Crippen LogP) is 4.58. The van der Waals surface area contributed by atoms with E-state index in [-0.39, 0.29) is 6.42 Å². The van der Waals surface area contributed by atoms with Crippen LogP contribution in [0.2, 0.25) is 0 Å². The summed E-state index contributed by atoms with van der Waals surface area (Å²) in [6.07, 6.45) is 0.262. The van der Waals surface area contributed by atoms with Gasteiger partial charge in [0.2, 0.25) is 0 Å². The summed E-state index contributed by atoms with van der Waals surface area (Å²) in [5.74, 6) is -0.788. The number of aromatic amines is 1. The summed E-state index contributed by atoms with van der Waals surface area (Å²) in [7, 11) is 0. The first-order chi connectivity index (χ1) is 14.6. The molecule has 0 saturated heterocycles. The van der Waals surface area contributed by atoms with Crippen molar-refractivity contribution in [3.05, 3.63) is 95.8 Å². The van der Waals surface area contributed by atoms with E-state index in [0.29, 0.717) is 29.1 Å². The number of H-pyrrole nitrogens is 1. The van der Waals surface area contributed by atoms with Crippen LogP contribution in [-0.4, -0.2) is 27.0 Å². The summed E-state index contributed by atoms with van der Waals surface area (Å²) in [6.45, 7) is 0. The molecule has 1 heterocycles. The van der Waals surface area contributed by atoms with Crippen molar-refractivity contribution in [1.82, 2.24) is 9.97 Å². The highest BCUT2D eigenvalue weighted by Crippen LogP contribution is 2.32. The molecule has 6 heteroatoms. The van der Waals surface area contributed by atoms with Crippen LogP contribution in [0.15, 0.2) is 78.9 Å². The standard InChI is InChI=1S/C24H20N2O4/c27-23(28)15-17(14-22-25-19-11-5-6-12-20(19)26-22)18-10-4-7-13-21(18)30-24(29)16-8-2-1-3-9-16/h1-13,17H,14-15H2,(H,25,26)(H,27,28)/t17-/m1/s1. The zero-order chi connectivity index (χ0) is 20.9. The summed E-state index contributed by atoms with van der Waals surface area (Å²) in [5, 5.41) is 9.48. The first kappa shape index (κ1) is 19.4. The molecule has 3 aromatic carbocycles. The number of carbonyl (C=O) groups is 2. The maximum absolute atomic E-state index is 12.5. The Bertz CT molecular complexity index is 1150. The molecule has 4 rings (SSSR count). The van der Waals surface area contributed by atoms with Gasteiger partial charge in [0.15, 0.2) is 0 Å². The van der Waals surface area contributed by atoms with Crippen LogP contribution in [0.5, 0.6) is 5.75 Å². The third-order valence-corrected chi connectivity index (χ3v) is 4.87. The summed E-state index contributed by atoms with van der Waals surface area (Å²) < 4.78 is 5.63. The van der Waals surface area contributed by atoms with E-state index in [1.54, 1.807) is 42.5 Å². The number of fused-ring (bicyclic) bond motifs is 1. The number of hydrogen-bond acceptors (Lipinski definition) is 4. The molecule has 0 fully saturated rings. The van der Waals surface area contributed by atoms with Crippen molar-refractivity contribution in [3.63, 3.8) is 0 Å². The fourth-order valence-electron chi connectivity index (χ4n) is 3.48. The van der Waals surface area contributed by atoms with Gasteiger partial charge in [0, 0.05) is 12.3 Å². The number of carboxylic acid groups (broad SMARTS) is 1. The molecule has 0 aliphatic heterocycles. The number of nitrogens with one attached hydrogen (secondary N) is 1. The average molecular weight is 400 g/mol. The van der Waals surface area contributed by atoms with Crippen LogP contribution >= 0.6 is 0 Å². The topological polar surface area (TPSA) is 92.3 Å². The molecule has 4 aromatic rings. The van der Waals surface area contributed by atoms with Gasteiger partial charge >= 0.3 is 11.9 Å². The number of carbonyl (C=O) groups excluding carboxylic acids is 1. The van der Waals surface area contributed by atoms with Gasteiger partial charge in [-0.25, -0.2) is 9.78 Å². The molecule has 1 atom stereocenters. The van der Waals surface area contributed by atoms with Gasteiger partial charge in [-0.2, -0.15) is 0 Å². The zero-order valence-corrected chi connectivity index (χ0v) is 16.1. The van der Waals surface area contributed by atoms with Crippen LogP contribution in [0.3, 0.4) is 0 Å². The van der Waals surface area contributed by atoms with Crippen LogP contribution in [0.1, 0.15) is 34.1 Å². The van der Waals surface area contributed by atoms with E-state index >= 15 is 0 Å². The Morgan fingerprint density at radius 1 is 0.933 bits per heavy atom. The average Bonchev–Trinajstić information content (AvgIpc) is 3.16. The molecule has 0 amide bonds. The summed E-state index contributed by atoms with van der Waals surface area (Å²) in [6, 6.07) is 23.4. The molecule has 0 spiro atoms. The molecule has 30 heavy (non-hydrogen) atoms. The van der Waals surface area contributed by atoms with Crippen molar-refractivity contribution in [3.8, 4) is 5.75 Å². The molecule has 1 aromatic heterocycles. The molecule has 0 unspecified atom stereocenters. The quantitative estimate of drug-likeness (QED) is 0.350. The third-order valence-electron chi connectivity index (χ3n) is 4.87. The van der Waals surface area contributed by atoms with Crippen LogP contribution in [0, 0.1) is 0 Å². The van der Waals surface area contributed by atoms with Gasteiger partial charge in [0.1, 0.15) is 11.6 Å². The van der Waals surface area contributed by atoms with Crippen LogP contribution in [-0.2, 0) is 11.2 Å². The zero-order valence-electron chi connectivity index (χ0n) is 16.1. The second-order valence-electron chi connectivity index (χ2n) is 6.99. The van der Waals surface area contributed by atoms with Gasteiger partial charge in [-0.1, -0.05) is 48.5 Å². The van der Waals surface area contributed by atoms with E-state index in [1.165, 1.54) is 0 Å². The largest absolute Gasteiger partial charge is 0.481 e. The van der Waals surface area contributed by atoms with Gasteiger partial charge in [0.25, 0.3) is 0 Å². The second-order valence-corrected chi connectivity index (χ2v) is 6.99. The third kappa shape index (κ3) is 4.38. The van der Waals surface area contributed by atoms with Crippen LogP contribution < -0.4 is 4.74 Å². The van der Waals surface area contributed by atoms with E-state index < -0.39 is 17.9 Å². The number of benzene rings is 3. The molecule has 0 aliphatic carbocycles. The van der Waals surface area contributed by atoms with Crippen molar-refractivity contribution >= 4 is 23.0 Å². The van der Waals surface area contributed by atoms with Gasteiger partial charge in [-0.05, 0) is 35.9 Å². The number of hydrogen-bond donors (Lipinski definition) is 2. The lowest BCUT2D eigenvalue weighted by atomic mass is 9.91. The van der Waals surface area contributed by atoms with Crippen molar-refractivity contribution < 1.29 is 19.4 Å². The smallest absolute Gasteiger partial charge is 0.343 e. The van der Waals surface area contributed by atoms with E-state index in [4.69, 9.17) is 4.74 Å². The van der Waals surface area contributed by atoms with Crippen molar-refractivity contribution in [2.75, 3.05) is 0 Å². The van der Waals surface area contributed by atoms with Crippen LogP contribution in [0.4, 0.5) is 0 Å². The number of imidazole rings is 1. The summed E-state index contributed by atoms with van der Waals surface area (Å²) in [4.78, 5) is 31.9. The number of aromatic nitrogens is 2. The fourth-order valence-corrected chi connectivity index (χ4v) is 3.48. The number of aliphatic carboxylic acids is 1. The number of para-hydroxylation sites is 3. The normalized spacial score (nSPS) is 11.9. The molecule has 0 bridgehead atoms. The predicted molar refractivity (Wildman–Crippen MR) is 113 cm³/mol. The maximum Gasteiger partial charge on any atom is 0.343 e. The van der Waals surface area contributed by atoms with Crippen molar-refractivity contribution in [2.24, 2.45) is 0 Å². The Morgan fingerprint density at radius 3 is 2.40 bits per heavy atom. The number of esters is 1. The van der Waals surface area contributed by atoms with E-state index in [1.807, 2.05) is 36.4 Å². The summed E-state index contributed by atoms with van der Waals surface area (Å²) >= 11 is 0. The highest BCUT2D eigenvalue weighted by Gasteiger charge is 2.23. The lowest BCUT2D eigenvalue weighted by Crippen LogP contribution is -2.14. The Balaban J connectivity index is 1.64. The molecule has 150 valence electrons. The van der Waals surface area contributed by atoms with Gasteiger partial charge in [0.05, 0.1) is 23.0 Å². The fraction of sp³-hybridized carbons (Fsp3) is 0.125. The Kier molecular flexibility index (Phi) is 5.57. The molecule has 0 saturated carbocycles. The second kappa shape index (κ2) is 8.61. The lowest BCUT2D eigenvalue weighted by molar-refractivity contribution is -0.137. The first-order valence-electron chi connectivity index (χ1n) is 9.61. The monoisotopic (exact) mass is 400 g/mol. The summed E-state index contributed by atoms with van der Waals surface area (Å²) in [5.41, 5.74) is 2.81. The molecule has 2 N–H and O–H groups in total. The maximum atomic E-state index is 12.5. The molecule has 0 aliphatic rings. The SMILES string of the molecule is O=C(O)C[C@@H](Cc1nc2ccccc2[nH]1)c1ccccc1OC(=O)c1ccccc1. The van der Waals surface area contributed by atoms with Crippen molar-refractivity contribution in [2.45, 2.75) is 18.8 Å². The number of nitrogens with zero attached hydrogens (tertiary/aromatic N) is 1. The molecule has 0 radical (unpaired) electrons. The molecular formula is C24H20N2O4. The molecule has 6 nitrogen and oxygen atoms in total. The van der Waals surface area contributed by atoms with Gasteiger partial charge in [-0.3, -0.25) is 4.79 Å². The first-order valence-corrected chi connectivity index (χ1v) is 9.61. The highest BCUT2D eigenvalue weighted by atomic mass is 16.5. The number of ether oxygens (including phenoxy) is 1. The van der Waals surface area contributed by atoms with Gasteiger partial charge in [-0.15, -0.1) is 0 Å². The highest BCUT2D eigenvalue weighted by molar-refractivity contribution is 5.91. The minimum Gasteiger partial charge on any atom is -0.481 e. The van der Waals surface area contributed by atoms with E-state index in [0.717, 1.165) is 11.0 Å². The van der Waals surface area contributed by atoms with E-state index in [9.17, 15) is 14.7 Å². The van der Waals surface area contributed by atoms with E-state index in [2.05, 4.69) is 9.97 Å². The Labute approximate surface area is 173 Å². The minimum atomic E-state index is -0.930. The number of carboxylic acids is 1. The lowest BCUT2D eigenvalue weighted by Gasteiger charge is -2.18. The Morgan fingerprint density at radius 2 is 1.63 bits per heavy atom.